The van der Waals surface area contributed by atoms with Crippen LogP contribution in [-0.4, -0.2) is 24.6 Å². The number of nitrogens with one attached hydrogen (secondary N) is 2. The summed E-state index contributed by atoms with van der Waals surface area (Å²) in [5.74, 6) is 0.401. The summed E-state index contributed by atoms with van der Waals surface area (Å²) in [6.45, 7) is 0.529. The fourth-order valence-electron chi connectivity index (χ4n) is 2.13. The van der Waals surface area contributed by atoms with Gasteiger partial charge < -0.3 is 20.1 Å². The summed E-state index contributed by atoms with van der Waals surface area (Å²) in [6, 6.07) is 16.3. The molecule has 23 heavy (non-hydrogen) atoms. The topological polar surface area (TPSA) is 76.7 Å². The third kappa shape index (κ3) is 4.00. The van der Waals surface area contributed by atoms with Crippen LogP contribution in [-0.2, 0) is 16.1 Å². The minimum atomic E-state index is -0.656. The molecular formula is C17H16N2O4. The highest BCUT2D eigenvalue weighted by Crippen LogP contribution is 2.17. The van der Waals surface area contributed by atoms with Gasteiger partial charge in [0, 0.05) is 5.69 Å². The fraction of sp³-hybridized carbons (Fsp3) is 0.176. The lowest BCUT2D eigenvalue weighted by Gasteiger charge is -2.10. The molecule has 0 radical (unpaired) electrons. The summed E-state index contributed by atoms with van der Waals surface area (Å²) in [5, 5.41) is 5.14. The molecule has 0 aliphatic carbocycles. The van der Waals surface area contributed by atoms with Gasteiger partial charge in [0.05, 0.1) is 0 Å². The molecule has 0 saturated carbocycles. The van der Waals surface area contributed by atoms with Crippen molar-refractivity contribution in [1.82, 2.24) is 5.32 Å². The lowest BCUT2D eigenvalue weighted by molar-refractivity contribution is -0.117. The van der Waals surface area contributed by atoms with Crippen molar-refractivity contribution in [2.75, 3.05) is 11.9 Å². The van der Waals surface area contributed by atoms with E-state index in [-0.39, 0.29) is 12.5 Å². The van der Waals surface area contributed by atoms with Gasteiger partial charge in [0.1, 0.15) is 25.0 Å². The Kier molecular flexibility index (Phi) is 4.42. The van der Waals surface area contributed by atoms with Crippen molar-refractivity contribution < 1.29 is 19.1 Å². The summed E-state index contributed by atoms with van der Waals surface area (Å²) >= 11 is 0. The monoisotopic (exact) mass is 312 g/mol. The predicted molar refractivity (Wildman–Crippen MR) is 84.1 cm³/mol. The van der Waals surface area contributed by atoms with Crippen LogP contribution in [0.2, 0.25) is 0 Å². The van der Waals surface area contributed by atoms with Crippen molar-refractivity contribution in [2.24, 2.45) is 0 Å². The molecule has 1 heterocycles. The van der Waals surface area contributed by atoms with Crippen LogP contribution in [0.15, 0.2) is 54.6 Å². The van der Waals surface area contributed by atoms with Crippen LogP contribution in [0.5, 0.6) is 5.75 Å². The van der Waals surface area contributed by atoms with Gasteiger partial charge in [-0.15, -0.1) is 0 Å². The Bertz CT molecular complexity index is 685. The molecule has 2 N–H and O–H groups in total. The van der Waals surface area contributed by atoms with Gasteiger partial charge in [-0.2, -0.15) is 0 Å². The van der Waals surface area contributed by atoms with Gasteiger partial charge in [-0.1, -0.05) is 30.3 Å². The molecule has 2 amide bonds. The number of anilines is 1. The lowest BCUT2D eigenvalue weighted by Crippen LogP contribution is -2.38. The van der Waals surface area contributed by atoms with Crippen LogP contribution < -0.4 is 15.4 Å². The highest BCUT2D eigenvalue weighted by molar-refractivity contribution is 5.97. The second kappa shape index (κ2) is 6.83. The average molecular weight is 312 g/mol. The minimum Gasteiger partial charge on any atom is -0.489 e. The van der Waals surface area contributed by atoms with E-state index in [4.69, 9.17) is 4.74 Å². The second-order valence-corrected chi connectivity index (χ2v) is 5.08. The maximum Gasteiger partial charge on any atom is 0.407 e. The van der Waals surface area contributed by atoms with Crippen molar-refractivity contribution in [3.8, 4) is 5.75 Å². The molecule has 1 aliphatic rings. The number of carbonyl (C=O) groups is 2. The van der Waals surface area contributed by atoms with Crippen LogP contribution in [0.4, 0.5) is 10.5 Å². The number of ether oxygens (including phenoxy) is 2. The summed E-state index contributed by atoms with van der Waals surface area (Å²) in [4.78, 5) is 22.8. The zero-order chi connectivity index (χ0) is 16.1. The van der Waals surface area contributed by atoms with Gasteiger partial charge in [0.25, 0.3) is 5.91 Å². The molecule has 0 bridgehead atoms. The first-order chi connectivity index (χ1) is 11.2. The van der Waals surface area contributed by atoms with Gasteiger partial charge in [-0.25, -0.2) is 4.79 Å². The van der Waals surface area contributed by atoms with Crippen LogP contribution >= 0.6 is 0 Å². The third-order valence-electron chi connectivity index (χ3n) is 3.36. The first-order valence-electron chi connectivity index (χ1n) is 7.22. The Labute approximate surface area is 133 Å². The van der Waals surface area contributed by atoms with E-state index >= 15 is 0 Å². The maximum absolute atomic E-state index is 11.9. The average Bonchev–Trinajstić information content (AvgIpc) is 3.02. The van der Waals surface area contributed by atoms with Gasteiger partial charge in [-0.3, -0.25) is 4.79 Å². The van der Waals surface area contributed by atoms with Gasteiger partial charge in [-0.05, 0) is 29.8 Å². The first-order valence-corrected chi connectivity index (χ1v) is 7.22. The Morgan fingerprint density at radius 2 is 1.91 bits per heavy atom. The van der Waals surface area contributed by atoms with E-state index in [9.17, 15) is 9.59 Å². The molecule has 1 fully saturated rings. The summed E-state index contributed by atoms with van der Waals surface area (Å²) in [7, 11) is 0. The standard InChI is InChI=1S/C17H16N2O4/c20-16(15-11-23-17(21)19-15)18-13-6-8-14(9-7-13)22-10-12-4-2-1-3-5-12/h1-9,15H,10-11H2,(H,18,20)(H,19,21). The molecule has 1 aliphatic heterocycles. The van der Waals surface area contributed by atoms with Crippen molar-refractivity contribution >= 4 is 17.7 Å². The molecule has 2 aromatic carbocycles. The molecule has 6 heteroatoms. The molecule has 0 aromatic heterocycles. The van der Waals surface area contributed by atoms with Crippen LogP contribution in [0, 0.1) is 0 Å². The number of carbonyl (C=O) groups excluding carboxylic acids is 2. The molecule has 3 rings (SSSR count). The number of hydrogen-bond donors (Lipinski definition) is 2. The van der Waals surface area contributed by atoms with Gasteiger partial charge in [0.15, 0.2) is 0 Å². The summed E-state index contributed by atoms with van der Waals surface area (Å²) in [6.07, 6.45) is -0.574. The zero-order valence-corrected chi connectivity index (χ0v) is 12.3. The van der Waals surface area contributed by atoms with Crippen LogP contribution in [0.3, 0.4) is 0 Å². The number of amides is 2. The van der Waals surface area contributed by atoms with E-state index < -0.39 is 12.1 Å². The Morgan fingerprint density at radius 3 is 2.57 bits per heavy atom. The molecule has 1 unspecified atom stereocenters. The second-order valence-electron chi connectivity index (χ2n) is 5.08. The molecular weight excluding hydrogens is 296 g/mol. The molecule has 1 atom stereocenters. The SMILES string of the molecule is O=C1NC(C(=O)Nc2ccc(OCc3ccccc3)cc2)CO1. The molecule has 2 aromatic rings. The zero-order valence-electron chi connectivity index (χ0n) is 12.3. The highest BCUT2D eigenvalue weighted by atomic mass is 16.6. The van der Waals surface area contributed by atoms with E-state index in [1.165, 1.54) is 0 Å². The Hall–Kier alpha value is -3.02. The first kappa shape index (κ1) is 14.9. The maximum atomic E-state index is 11.9. The quantitative estimate of drug-likeness (QED) is 0.888. The third-order valence-corrected chi connectivity index (χ3v) is 3.36. The molecule has 0 spiro atoms. The van der Waals surface area contributed by atoms with Crippen molar-refractivity contribution in [3.05, 3.63) is 60.2 Å². The number of alkyl carbamates (subject to hydrolysis) is 1. The van der Waals surface area contributed by atoms with Crippen molar-refractivity contribution in [3.63, 3.8) is 0 Å². The molecule has 1 saturated heterocycles. The van der Waals surface area contributed by atoms with Crippen molar-refractivity contribution in [1.29, 1.82) is 0 Å². The molecule has 118 valence electrons. The normalized spacial score (nSPS) is 16.3. The molecule has 6 nitrogen and oxygen atoms in total. The van der Waals surface area contributed by atoms with E-state index in [1.807, 2.05) is 30.3 Å². The summed E-state index contributed by atoms with van der Waals surface area (Å²) in [5.41, 5.74) is 1.71. The number of cyclic esters (lactones) is 1. The smallest absolute Gasteiger partial charge is 0.407 e. The van der Waals surface area contributed by atoms with E-state index in [1.54, 1.807) is 24.3 Å². The van der Waals surface area contributed by atoms with E-state index in [2.05, 4.69) is 15.4 Å². The Balaban J connectivity index is 1.52. The summed E-state index contributed by atoms with van der Waals surface area (Å²) < 4.78 is 10.4. The van der Waals surface area contributed by atoms with E-state index in [0.29, 0.717) is 18.0 Å². The highest BCUT2D eigenvalue weighted by Gasteiger charge is 2.28. The number of hydrogen-bond acceptors (Lipinski definition) is 4. The lowest BCUT2D eigenvalue weighted by atomic mass is 10.2. The number of benzene rings is 2. The minimum absolute atomic E-state index is 0.0446. The number of rotatable bonds is 5. The van der Waals surface area contributed by atoms with E-state index in [0.717, 1.165) is 5.56 Å². The Morgan fingerprint density at radius 1 is 1.17 bits per heavy atom. The largest absolute Gasteiger partial charge is 0.489 e. The van der Waals surface area contributed by atoms with Crippen molar-refractivity contribution in [2.45, 2.75) is 12.6 Å². The van der Waals surface area contributed by atoms with Crippen LogP contribution in [0.25, 0.3) is 0 Å². The van der Waals surface area contributed by atoms with Gasteiger partial charge >= 0.3 is 6.09 Å². The van der Waals surface area contributed by atoms with Crippen LogP contribution in [0.1, 0.15) is 5.56 Å². The fourth-order valence-corrected chi connectivity index (χ4v) is 2.13. The van der Waals surface area contributed by atoms with Gasteiger partial charge in [0.2, 0.25) is 0 Å². The predicted octanol–water partition coefficient (Wildman–Crippen LogP) is 2.31.